The van der Waals surface area contributed by atoms with Crippen molar-refractivity contribution >= 4 is 48.3 Å². The number of allylic oxidation sites excluding steroid dienone is 2. The van der Waals surface area contributed by atoms with Crippen LogP contribution in [0.5, 0.6) is 0 Å². The van der Waals surface area contributed by atoms with Gasteiger partial charge in [-0.3, -0.25) is 4.79 Å². The van der Waals surface area contributed by atoms with Crippen molar-refractivity contribution in [3.8, 4) is 11.3 Å². The maximum absolute atomic E-state index is 11.7. The molecular formula is C32H35IrN2O2S-. The number of carbonyl (C=O) groups is 1. The molecular weight excluding hydrogens is 669 g/mol. The summed E-state index contributed by atoms with van der Waals surface area (Å²) < 4.78 is 2.56. The molecule has 5 rings (SSSR count). The van der Waals surface area contributed by atoms with Crippen molar-refractivity contribution in [2.75, 3.05) is 0 Å². The van der Waals surface area contributed by atoms with Crippen molar-refractivity contribution in [3.63, 3.8) is 0 Å². The summed E-state index contributed by atoms with van der Waals surface area (Å²) in [6, 6.07) is 21.8. The van der Waals surface area contributed by atoms with Gasteiger partial charge in [0.25, 0.3) is 0 Å². The molecule has 201 valence electrons. The van der Waals surface area contributed by atoms with Gasteiger partial charge in [0.15, 0.2) is 5.78 Å². The Morgan fingerprint density at radius 2 is 1.68 bits per heavy atom. The second-order valence-corrected chi connectivity index (χ2v) is 10.3. The first-order valence-electron chi connectivity index (χ1n) is 13.2. The number of aromatic nitrogens is 2. The van der Waals surface area contributed by atoms with Crippen LogP contribution in [0, 0.1) is 17.9 Å². The zero-order valence-electron chi connectivity index (χ0n) is 22.4. The molecule has 0 amide bonds. The Hall–Kier alpha value is -2.79. The molecule has 3 aromatic heterocycles. The molecule has 2 aromatic carbocycles. The minimum atomic E-state index is 0. The number of aromatic amines is 1. The molecule has 0 atom stereocenters. The van der Waals surface area contributed by atoms with E-state index in [4.69, 9.17) is 0 Å². The second kappa shape index (κ2) is 13.8. The molecule has 0 aliphatic rings. The monoisotopic (exact) mass is 704 g/mol. The van der Waals surface area contributed by atoms with Crippen LogP contribution in [0.3, 0.4) is 0 Å². The van der Waals surface area contributed by atoms with E-state index in [0.29, 0.717) is 0 Å². The van der Waals surface area contributed by atoms with Gasteiger partial charge in [0.1, 0.15) is 0 Å². The Balaban J connectivity index is 0.000000223. The largest absolute Gasteiger partial charge is 0.512 e. The van der Waals surface area contributed by atoms with Crippen LogP contribution in [0.1, 0.15) is 53.4 Å². The average molecular weight is 704 g/mol. The molecule has 6 heteroatoms. The van der Waals surface area contributed by atoms with Crippen molar-refractivity contribution in [1.29, 1.82) is 0 Å². The van der Waals surface area contributed by atoms with Crippen molar-refractivity contribution in [2.24, 2.45) is 11.8 Å². The number of aliphatic hydroxyl groups excluding tert-OH is 1. The van der Waals surface area contributed by atoms with Crippen LogP contribution in [0.4, 0.5) is 0 Å². The number of rotatable bonds is 8. The van der Waals surface area contributed by atoms with E-state index >= 15 is 0 Å². The molecule has 0 saturated heterocycles. The molecule has 3 heterocycles. The Morgan fingerprint density at radius 1 is 1.00 bits per heavy atom. The van der Waals surface area contributed by atoms with Gasteiger partial charge in [-0.05, 0) is 43.5 Å². The Kier molecular flexibility index (Phi) is 10.8. The standard InChI is InChI=1S/C19H11N2S.C13H24O2.Ir/c1-2-6-12(7-3-1)17-16-15(10-11-20-17)22-19-13-8-4-5-9-14(13)21-18(16)19;1-5-10(6-2)12(14)9-13(15)11(7-3)8-4;/h1-6,8-11,21H;9-11,14H,5-8H2,1-4H3;/q-1;;/b;12-9-;. The first-order valence-corrected chi connectivity index (χ1v) is 14.0. The number of hydrogen-bond donors (Lipinski definition) is 2. The van der Waals surface area contributed by atoms with E-state index in [1.807, 2.05) is 63.4 Å². The fourth-order valence-electron chi connectivity index (χ4n) is 4.80. The van der Waals surface area contributed by atoms with Crippen molar-refractivity contribution in [3.05, 3.63) is 78.7 Å². The van der Waals surface area contributed by atoms with E-state index in [9.17, 15) is 9.90 Å². The van der Waals surface area contributed by atoms with Crippen LogP contribution in [-0.2, 0) is 24.9 Å². The molecule has 0 aliphatic carbocycles. The molecule has 38 heavy (non-hydrogen) atoms. The van der Waals surface area contributed by atoms with Crippen LogP contribution in [0.25, 0.3) is 42.5 Å². The van der Waals surface area contributed by atoms with E-state index in [-0.39, 0.29) is 43.5 Å². The third-order valence-electron chi connectivity index (χ3n) is 7.08. The summed E-state index contributed by atoms with van der Waals surface area (Å²) >= 11 is 1.82. The van der Waals surface area contributed by atoms with Gasteiger partial charge in [-0.1, -0.05) is 45.9 Å². The predicted octanol–water partition coefficient (Wildman–Crippen LogP) is 9.27. The maximum atomic E-state index is 11.7. The zero-order chi connectivity index (χ0) is 26.4. The van der Waals surface area contributed by atoms with Gasteiger partial charge >= 0.3 is 0 Å². The number of para-hydroxylation sites is 1. The van der Waals surface area contributed by atoms with Gasteiger partial charge in [0.2, 0.25) is 0 Å². The molecule has 0 fully saturated rings. The van der Waals surface area contributed by atoms with Crippen molar-refractivity contribution in [1.82, 2.24) is 9.97 Å². The summed E-state index contributed by atoms with van der Waals surface area (Å²) in [6.07, 6.45) is 6.79. The van der Waals surface area contributed by atoms with Gasteiger partial charge in [-0.15, -0.1) is 47.2 Å². The zero-order valence-corrected chi connectivity index (χ0v) is 25.6. The van der Waals surface area contributed by atoms with Crippen molar-refractivity contribution < 1.29 is 30.0 Å². The average Bonchev–Trinajstić information content (AvgIpc) is 3.47. The van der Waals surface area contributed by atoms with Crippen LogP contribution in [0.2, 0.25) is 0 Å². The van der Waals surface area contributed by atoms with Gasteiger partial charge in [-0.2, -0.15) is 0 Å². The van der Waals surface area contributed by atoms with Crippen molar-refractivity contribution in [2.45, 2.75) is 53.4 Å². The molecule has 0 spiro atoms. The number of carbonyl (C=O) groups excluding carboxylic acids is 1. The normalized spacial score (nSPS) is 11.7. The number of aliphatic hydroxyl groups is 1. The smallest absolute Gasteiger partial charge is 0.162 e. The molecule has 5 aromatic rings. The molecule has 0 bridgehead atoms. The van der Waals surface area contributed by atoms with Crippen LogP contribution < -0.4 is 0 Å². The quantitative estimate of drug-likeness (QED) is 0.0962. The van der Waals surface area contributed by atoms with Crippen LogP contribution in [-0.4, -0.2) is 20.9 Å². The summed E-state index contributed by atoms with van der Waals surface area (Å²) in [5, 5.41) is 12.2. The molecule has 0 unspecified atom stereocenters. The first kappa shape index (κ1) is 29.8. The number of pyridine rings is 1. The van der Waals surface area contributed by atoms with E-state index in [2.05, 4.69) is 52.4 Å². The molecule has 0 saturated carbocycles. The number of benzene rings is 2. The molecule has 2 N–H and O–H groups in total. The minimum absolute atomic E-state index is 0. The van der Waals surface area contributed by atoms with Crippen LogP contribution in [0.15, 0.2) is 72.6 Å². The summed E-state index contributed by atoms with van der Waals surface area (Å²) in [7, 11) is 0. The number of hydrogen-bond acceptors (Lipinski definition) is 4. The Morgan fingerprint density at radius 3 is 2.34 bits per heavy atom. The van der Waals surface area contributed by atoms with Crippen LogP contribution >= 0.6 is 11.3 Å². The molecule has 1 radical (unpaired) electrons. The number of H-pyrrole nitrogens is 1. The Bertz CT molecular complexity index is 1510. The fourth-order valence-corrected chi connectivity index (χ4v) is 6.00. The second-order valence-electron chi connectivity index (χ2n) is 9.28. The molecule has 0 aliphatic heterocycles. The third kappa shape index (κ3) is 6.26. The van der Waals surface area contributed by atoms with E-state index in [1.54, 1.807) is 0 Å². The number of nitrogens with one attached hydrogen (secondary N) is 1. The molecule has 4 nitrogen and oxygen atoms in total. The van der Waals surface area contributed by atoms with E-state index < -0.39 is 0 Å². The minimum Gasteiger partial charge on any atom is -0.512 e. The summed E-state index contributed by atoms with van der Waals surface area (Å²) in [5.41, 5.74) is 4.39. The van der Waals surface area contributed by atoms with Gasteiger partial charge in [-0.25, -0.2) is 0 Å². The number of fused-ring (bicyclic) bond motifs is 5. The fraction of sp³-hybridized carbons (Fsp3) is 0.312. The third-order valence-corrected chi connectivity index (χ3v) is 8.27. The van der Waals surface area contributed by atoms with Gasteiger partial charge in [0, 0.05) is 65.2 Å². The summed E-state index contributed by atoms with van der Waals surface area (Å²) in [6.45, 7) is 8.07. The number of thiophene rings is 1. The SMILES string of the molecule is CCC(CC)C(=O)/C=C(\O)C(CC)CC.[Ir].[c-]1ccccc1-c1nccc2sc3c4ccccc4[nH]c3c12. The maximum Gasteiger partial charge on any atom is 0.162 e. The summed E-state index contributed by atoms with van der Waals surface area (Å²) in [5.74, 6) is 0.547. The number of nitrogens with zero attached hydrogens (tertiary/aromatic N) is 1. The topological polar surface area (TPSA) is 66.0 Å². The van der Waals surface area contributed by atoms with Gasteiger partial charge in [0.05, 0.1) is 16.0 Å². The summed E-state index contributed by atoms with van der Waals surface area (Å²) in [4.78, 5) is 19.9. The predicted molar refractivity (Wildman–Crippen MR) is 157 cm³/mol. The van der Waals surface area contributed by atoms with E-state index in [0.717, 1.165) is 36.9 Å². The Labute approximate surface area is 242 Å². The first-order chi connectivity index (χ1) is 18.0. The number of ketones is 1. The van der Waals surface area contributed by atoms with E-state index in [1.165, 1.54) is 37.3 Å². The van der Waals surface area contributed by atoms with Gasteiger partial charge < -0.3 is 15.1 Å².